The van der Waals surface area contributed by atoms with Gasteiger partial charge < -0.3 is 11.1 Å². The molecule has 3 rings (SSSR count). The number of nitrogens with two attached hydrogens (primary N) is 1. The molecule has 2 aromatic rings. The molecule has 0 saturated heterocycles. The summed E-state index contributed by atoms with van der Waals surface area (Å²) in [5.74, 6) is 1.38. The molecule has 14 heavy (non-hydrogen) atoms. The molecule has 0 atom stereocenters. The minimum atomic E-state index is 0.543. The lowest BCUT2D eigenvalue weighted by atomic mass is 10.2. The number of aryl methyl sites for hydroxylation is 1. The van der Waals surface area contributed by atoms with E-state index in [1.165, 1.54) is 6.33 Å². The van der Waals surface area contributed by atoms with E-state index in [1.807, 2.05) is 7.05 Å². The maximum absolute atomic E-state index is 5.80. The van der Waals surface area contributed by atoms with E-state index in [0.717, 1.165) is 22.4 Å². The van der Waals surface area contributed by atoms with Crippen molar-refractivity contribution >= 4 is 22.7 Å². The van der Waals surface area contributed by atoms with Crippen LogP contribution in [0.1, 0.15) is 5.56 Å². The summed E-state index contributed by atoms with van der Waals surface area (Å²) in [5.41, 5.74) is 7.61. The number of rotatable bonds is 0. The number of nitrogens with one attached hydrogen (secondary N) is 1. The summed E-state index contributed by atoms with van der Waals surface area (Å²) < 4.78 is 1.67. The van der Waals surface area contributed by atoms with E-state index < -0.39 is 0 Å². The van der Waals surface area contributed by atoms with Gasteiger partial charge in [0.1, 0.15) is 18.3 Å². The molecule has 0 bridgehead atoms. The third-order valence-corrected chi connectivity index (χ3v) is 2.44. The van der Waals surface area contributed by atoms with Gasteiger partial charge in [0.25, 0.3) is 0 Å². The summed E-state index contributed by atoms with van der Waals surface area (Å²) in [5, 5.41) is 8.32. The standard InChI is InChI=1S/C8H8N6/c1-14-8-5-4(6(9)13-14)2-10-7(5)11-3-12-8/h3H,2H2,1H3,(H2,9,13)/p+1. The lowest BCUT2D eigenvalue weighted by Crippen LogP contribution is -2.35. The Hall–Kier alpha value is -1.98. The van der Waals surface area contributed by atoms with Crippen LogP contribution in [-0.4, -0.2) is 15.1 Å². The second-order valence-electron chi connectivity index (χ2n) is 3.26. The van der Waals surface area contributed by atoms with Crippen LogP contribution in [0.25, 0.3) is 11.0 Å². The van der Waals surface area contributed by atoms with Crippen molar-refractivity contribution in [3.63, 3.8) is 0 Å². The van der Waals surface area contributed by atoms with Gasteiger partial charge in [0, 0.05) is 12.1 Å². The van der Waals surface area contributed by atoms with E-state index in [2.05, 4.69) is 20.4 Å². The van der Waals surface area contributed by atoms with Gasteiger partial charge in [-0.15, -0.1) is 4.68 Å². The molecule has 3 heterocycles. The Morgan fingerprint density at radius 3 is 3.21 bits per heavy atom. The highest BCUT2D eigenvalue weighted by atomic mass is 15.3. The molecule has 0 aliphatic carbocycles. The average Bonchev–Trinajstić information content (AvgIpc) is 2.59. The predicted molar refractivity (Wildman–Crippen MR) is 50.2 cm³/mol. The second kappa shape index (κ2) is 2.28. The summed E-state index contributed by atoms with van der Waals surface area (Å²) in [6.07, 6.45) is 1.53. The van der Waals surface area contributed by atoms with Crippen molar-refractivity contribution in [1.82, 2.24) is 15.1 Å². The number of nitrogen functional groups attached to an aromatic ring is 1. The quantitative estimate of drug-likeness (QED) is 0.539. The van der Waals surface area contributed by atoms with E-state index >= 15 is 0 Å². The third kappa shape index (κ3) is 0.748. The monoisotopic (exact) mass is 189 g/mol. The lowest BCUT2D eigenvalue weighted by molar-refractivity contribution is -0.706. The lowest BCUT2D eigenvalue weighted by Gasteiger charge is -1.98. The zero-order valence-corrected chi connectivity index (χ0v) is 7.65. The number of aromatic nitrogens is 4. The highest BCUT2D eigenvalue weighted by molar-refractivity contribution is 5.93. The Kier molecular flexibility index (Phi) is 1.21. The van der Waals surface area contributed by atoms with Crippen molar-refractivity contribution in [2.45, 2.75) is 6.54 Å². The zero-order valence-electron chi connectivity index (χ0n) is 7.65. The molecule has 0 spiro atoms. The van der Waals surface area contributed by atoms with Crippen LogP contribution in [0.3, 0.4) is 0 Å². The molecule has 0 aromatic carbocycles. The molecule has 2 aromatic heterocycles. The van der Waals surface area contributed by atoms with Crippen molar-refractivity contribution in [2.24, 2.45) is 7.05 Å². The van der Waals surface area contributed by atoms with Gasteiger partial charge in [-0.1, -0.05) is 5.10 Å². The normalized spacial score (nSPS) is 13.2. The van der Waals surface area contributed by atoms with Gasteiger partial charge in [-0.2, -0.15) is 4.98 Å². The third-order valence-electron chi connectivity index (χ3n) is 2.44. The molecule has 0 saturated carbocycles. The second-order valence-corrected chi connectivity index (χ2v) is 3.26. The summed E-state index contributed by atoms with van der Waals surface area (Å²) >= 11 is 0. The summed E-state index contributed by atoms with van der Waals surface area (Å²) in [4.78, 5) is 8.32. The van der Waals surface area contributed by atoms with Crippen molar-refractivity contribution in [2.75, 3.05) is 11.1 Å². The van der Waals surface area contributed by atoms with Gasteiger partial charge in [0.15, 0.2) is 5.82 Å². The Morgan fingerprint density at radius 2 is 2.36 bits per heavy atom. The molecule has 70 valence electrons. The molecular formula is C8H9N6+. The average molecular weight is 189 g/mol. The van der Waals surface area contributed by atoms with Crippen LogP contribution in [-0.2, 0) is 13.6 Å². The van der Waals surface area contributed by atoms with Gasteiger partial charge in [-0.3, -0.25) is 0 Å². The number of hydrogen-bond donors (Lipinski definition) is 2. The van der Waals surface area contributed by atoms with Crippen molar-refractivity contribution < 1.29 is 4.68 Å². The van der Waals surface area contributed by atoms with Crippen LogP contribution in [0.4, 0.5) is 11.6 Å². The fourth-order valence-corrected chi connectivity index (χ4v) is 1.78. The van der Waals surface area contributed by atoms with E-state index in [0.29, 0.717) is 12.4 Å². The van der Waals surface area contributed by atoms with Gasteiger partial charge in [0.05, 0.1) is 0 Å². The Labute approximate surface area is 79.8 Å². The largest absolute Gasteiger partial charge is 0.380 e. The minimum Gasteiger partial charge on any atom is -0.380 e. The molecule has 0 fully saturated rings. The van der Waals surface area contributed by atoms with Gasteiger partial charge >= 0.3 is 5.65 Å². The van der Waals surface area contributed by atoms with Crippen LogP contribution in [0.2, 0.25) is 0 Å². The fraction of sp³-hybridized carbons (Fsp3) is 0.250. The maximum atomic E-state index is 5.80. The molecule has 0 unspecified atom stereocenters. The van der Waals surface area contributed by atoms with Gasteiger partial charge in [0.2, 0.25) is 6.33 Å². The predicted octanol–water partition coefficient (Wildman–Crippen LogP) is -0.643. The van der Waals surface area contributed by atoms with E-state index in [4.69, 9.17) is 5.73 Å². The summed E-state index contributed by atoms with van der Waals surface area (Å²) in [6.45, 7) is 0.685. The highest BCUT2D eigenvalue weighted by Gasteiger charge is 2.25. The van der Waals surface area contributed by atoms with E-state index in [1.54, 1.807) is 4.68 Å². The molecule has 6 heteroatoms. The van der Waals surface area contributed by atoms with Crippen LogP contribution in [0.15, 0.2) is 6.33 Å². The number of anilines is 2. The molecule has 0 radical (unpaired) electrons. The number of nitrogens with zero attached hydrogens (tertiary/aromatic N) is 4. The Balaban J connectivity index is 2.58. The van der Waals surface area contributed by atoms with Gasteiger partial charge in [-0.25, -0.2) is 0 Å². The first-order valence-corrected chi connectivity index (χ1v) is 4.30. The first-order valence-electron chi connectivity index (χ1n) is 4.30. The van der Waals surface area contributed by atoms with Crippen molar-refractivity contribution in [1.29, 1.82) is 0 Å². The van der Waals surface area contributed by atoms with Crippen LogP contribution < -0.4 is 15.7 Å². The SMILES string of the molecule is C[n+]1nc(N)c2c3c(ncnc31)NC2. The zero-order chi connectivity index (χ0) is 9.71. The Bertz CT molecular complexity index is 535. The summed E-state index contributed by atoms with van der Waals surface area (Å²) in [7, 11) is 1.82. The first-order chi connectivity index (χ1) is 6.77. The molecule has 1 aliphatic heterocycles. The van der Waals surface area contributed by atoms with Gasteiger partial charge in [-0.05, 0) is 4.98 Å². The molecule has 3 N–H and O–H groups in total. The molecular weight excluding hydrogens is 180 g/mol. The van der Waals surface area contributed by atoms with Crippen LogP contribution in [0.5, 0.6) is 0 Å². The smallest absolute Gasteiger partial charge is 0.356 e. The van der Waals surface area contributed by atoms with E-state index in [-0.39, 0.29) is 0 Å². The van der Waals surface area contributed by atoms with E-state index in [9.17, 15) is 0 Å². The highest BCUT2D eigenvalue weighted by Crippen LogP contribution is 2.29. The topological polar surface area (TPSA) is 80.6 Å². The number of hydrogen-bond acceptors (Lipinski definition) is 5. The van der Waals surface area contributed by atoms with Crippen molar-refractivity contribution in [3.8, 4) is 0 Å². The first kappa shape index (κ1) is 7.43. The summed E-state index contributed by atoms with van der Waals surface area (Å²) in [6, 6.07) is 0. The molecule has 6 nitrogen and oxygen atoms in total. The molecule has 1 aliphatic rings. The van der Waals surface area contributed by atoms with Crippen LogP contribution >= 0.6 is 0 Å². The fourth-order valence-electron chi connectivity index (χ4n) is 1.78. The van der Waals surface area contributed by atoms with Crippen molar-refractivity contribution in [3.05, 3.63) is 11.9 Å². The minimum absolute atomic E-state index is 0.543. The Morgan fingerprint density at radius 1 is 1.50 bits per heavy atom. The molecule has 0 amide bonds. The maximum Gasteiger partial charge on any atom is 0.356 e. The van der Waals surface area contributed by atoms with Crippen LogP contribution in [0, 0.1) is 0 Å².